The summed E-state index contributed by atoms with van der Waals surface area (Å²) in [6.45, 7) is 5.37. The van der Waals surface area contributed by atoms with Crippen molar-refractivity contribution in [2.75, 3.05) is 27.7 Å². The molecule has 0 amide bonds. The molecule has 1 heterocycles. The SMILES string of the molecule is C=CCCCN(C)C(=NC)NCc1ccc(OC)nc1.I. The van der Waals surface area contributed by atoms with Gasteiger partial charge in [-0.2, -0.15) is 0 Å². The maximum Gasteiger partial charge on any atom is 0.212 e. The zero-order chi connectivity index (χ0) is 14.8. The second-order valence-electron chi connectivity index (χ2n) is 4.46. The second-order valence-corrected chi connectivity index (χ2v) is 4.46. The van der Waals surface area contributed by atoms with E-state index < -0.39 is 0 Å². The van der Waals surface area contributed by atoms with Crippen LogP contribution >= 0.6 is 24.0 Å². The van der Waals surface area contributed by atoms with Gasteiger partial charge in [0.15, 0.2) is 5.96 Å². The predicted molar refractivity (Wildman–Crippen MR) is 98.5 cm³/mol. The van der Waals surface area contributed by atoms with Crippen LogP contribution in [0.5, 0.6) is 5.88 Å². The van der Waals surface area contributed by atoms with Crippen molar-refractivity contribution in [1.29, 1.82) is 0 Å². The van der Waals surface area contributed by atoms with Crippen LogP contribution in [0.15, 0.2) is 36.0 Å². The number of methoxy groups -OCH3 is 1. The number of halogens is 1. The molecule has 0 bridgehead atoms. The van der Waals surface area contributed by atoms with Gasteiger partial charge < -0.3 is 15.0 Å². The largest absolute Gasteiger partial charge is 0.481 e. The molecule has 0 atom stereocenters. The topological polar surface area (TPSA) is 49.8 Å². The van der Waals surface area contributed by atoms with Crippen molar-refractivity contribution in [3.05, 3.63) is 36.5 Å². The van der Waals surface area contributed by atoms with Gasteiger partial charge in [0, 0.05) is 39.4 Å². The smallest absolute Gasteiger partial charge is 0.212 e. The standard InChI is InChI=1S/C15H24N4O.HI/c1-5-6-7-10-19(3)15(16-2)18-12-13-8-9-14(20-4)17-11-13;/h5,8-9,11H,1,6-7,10,12H2,2-4H3,(H,16,18);1H. The Morgan fingerprint density at radius 2 is 2.29 bits per heavy atom. The van der Waals surface area contributed by atoms with E-state index in [9.17, 15) is 0 Å². The van der Waals surface area contributed by atoms with Crippen LogP contribution in [0.2, 0.25) is 0 Å². The van der Waals surface area contributed by atoms with Crippen molar-refractivity contribution in [3.8, 4) is 5.88 Å². The fourth-order valence-corrected chi connectivity index (χ4v) is 1.78. The average Bonchev–Trinajstić information content (AvgIpc) is 2.49. The predicted octanol–water partition coefficient (Wildman–Crippen LogP) is 2.68. The number of rotatable bonds is 7. The highest BCUT2D eigenvalue weighted by Crippen LogP contribution is 2.06. The van der Waals surface area contributed by atoms with Crippen molar-refractivity contribution in [1.82, 2.24) is 15.2 Å². The summed E-state index contributed by atoms with van der Waals surface area (Å²) >= 11 is 0. The molecule has 0 aliphatic carbocycles. The molecule has 0 saturated carbocycles. The summed E-state index contributed by atoms with van der Waals surface area (Å²) in [6.07, 6.45) is 5.83. The fraction of sp³-hybridized carbons (Fsp3) is 0.467. The van der Waals surface area contributed by atoms with E-state index in [2.05, 4.69) is 26.8 Å². The van der Waals surface area contributed by atoms with Crippen LogP contribution in [0.4, 0.5) is 0 Å². The minimum Gasteiger partial charge on any atom is -0.481 e. The molecule has 0 saturated heterocycles. The molecule has 0 unspecified atom stereocenters. The average molecular weight is 404 g/mol. The normalized spacial score (nSPS) is 10.5. The van der Waals surface area contributed by atoms with Crippen LogP contribution in [0.3, 0.4) is 0 Å². The number of aliphatic imine (C=N–C) groups is 1. The van der Waals surface area contributed by atoms with E-state index in [-0.39, 0.29) is 24.0 Å². The molecule has 6 heteroatoms. The van der Waals surface area contributed by atoms with Gasteiger partial charge in [-0.05, 0) is 18.4 Å². The third kappa shape index (κ3) is 7.31. The van der Waals surface area contributed by atoms with E-state index >= 15 is 0 Å². The van der Waals surface area contributed by atoms with Gasteiger partial charge >= 0.3 is 0 Å². The Balaban J connectivity index is 0.00000400. The summed E-state index contributed by atoms with van der Waals surface area (Å²) in [4.78, 5) is 10.6. The number of nitrogens with one attached hydrogen (secondary N) is 1. The summed E-state index contributed by atoms with van der Waals surface area (Å²) in [5, 5.41) is 3.32. The first-order chi connectivity index (χ1) is 9.71. The first-order valence-corrected chi connectivity index (χ1v) is 6.73. The summed E-state index contributed by atoms with van der Waals surface area (Å²) in [6, 6.07) is 3.84. The third-order valence-electron chi connectivity index (χ3n) is 2.93. The first-order valence-electron chi connectivity index (χ1n) is 6.73. The van der Waals surface area contributed by atoms with E-state index in [1.54, 1.807) is 20.4 Å². The van der Waals surface area contributed by atoms with Crippen molar-refractivity contribution in [3.63, 3.8) is 0 Å². The molecule has 1 N–H and O–H groups in total. The van der Waals surface area contributed by atoms with Crippen molar-refractivity contribution >= 4 is 29.9 Å². The second kappa shape index (κ2) is 11.4. The quantitative estimate of drug-likeness (QED) is 0.250. The molecule has 5 nitrogen and oxygen atoms in total. The number of aromatic nitrogens is 1. The Morgan fingerprint density at radius 3 is 2.81 bits per heavy atom. The monoisotopic (exact) mass is 404 g/mol. The minimum atomic E-state index is 0. The number of ether oxygens (including phenoxy) is 1. The lowest BCUT2D eigenvalue weighted by atomic mass is 10.3. The van der Waals surface area contributed by atoms with Crippen LogP contribution in [-0.4, -0.2) is 43.6 Å². The Labute approximate surface area is 144 Å². The Kier molecular flexibility index (Phi) is 10.7. The highest BCUT2D eigenvalue weighted by Gasteiger charge is 2.05. The summed E-state index contributed by atoms with van der Waals surface area (Å²) in [5.41, 5.74) is 1.09. The van der Waals surface area contributed by atoms with E-state index in [0.29, 0.717) is 12.4 Å². The van der Waals surface area contributed by atoms with Gasteiger partial charge in [0.2, 0.25) is 5.88 Å². The lowest BCUT2D eigenvalue weighted by Gasteiger charge is -2.21. The Bertz CT molecular complexity index is 434. The van der Waals surface area contributed by atoms with Crippen LogP contribution < -0.4 is 10.1 Å². The van der Waals surface area contributed by atoms with Gasteiger partial charge in [0.05, 0.1) is 7.11 Å². The van der Waals surface area contributed by atoms with Gasteiger partial charge in [0.1, 0.15) is 0 Å². The number of pyridine rings is 1. The molecule has 21 heavy (non-hydrogen) atoms. The van der Waals surface area contributed by atoms with Crippen LogP contribution in [0.25, 0.3) is 0 Å². The molecule has 1 aromatic heterocycles. The molecular weight excluding hydrogens is 379 g/mol. The van der Waals surface area contributed by atoms with Gasteiger partial charge in [-0.25, -0.2) is 4.98 Å². The Morgan fingerprint density at radius 1 is 1.52 bits per heavy atom. The van der Waals surface area contributed by atoms with E-state index in [4.69, 9.17) is 4.74 Å². The molecule has 1 aromatic rings. The summed E-state index contributed by atoms with van der Waals surface area (Å²) in [5.74, 6) is 1.50. The zero-order valence-electron chi connectivity index (χ0n) is 13.0. The van der Waals surface area contributed by atoms with Crippen LogP contribution in [0.1, 0.15) is 18.4 Å². The number of hydrogen-bond donors (Lipinski definition) is 1. The molecule has 0 aromatic carbocycles. The van der Waals surface area contributed by atoms with Gasteiger partial charge in [-0.3, -0.25) is 4.99 Å². The third-order valence-corrected chi connectivity index (χ3v) is 2.93. The van der Waals surface area contributed by atoms with Crippen molar-refractivity contribution in [2.45, 2.75) is 19.4 Å². The lowest BCUT2D eigenvalue weighted by molar-refractivity contribution is 0.397. The molecule has 1 rings (SSSR count). The molecule has 0 radical (unpaired) electrons. The summed E-state index contributed by atoms with van der Waals surface area (Å²) in [7, 11) is 5.43. The molecule has 118 valence electrons. The number of guanidine groups is 1. The van der Waals surface area contributed by atoms with Crippen molar-refractivity contribution < 1.29 is 4.74 Å². The molecule has 0 aliphatic heterocycles. The van der Waals surface area contributed by atoms with Gasteiger partial charge in [0.25, 0.3) is 0 Å². The van der Waals surface area contributed by atoms with Crippen LogP contribution in [0, 0.1) is 0 Å². The van der Waals surface area contributed by atoms with Gasteiger partial charge in [-0.15, -0.1) is 30.6 Å². The lowest BCUT2D eigenvalue weighted by Crippen LogP contribution is -2.38. The zero-order valence-corrected chi connectivity index (χ0v) is 15.3. The first kappa shape index (κ1) is 19.7. The molecular formula is C15H25IN4O. The Hall–Kier alpha value is -1.31. The number of unbranched alkanes of at least 4 members (excludes halogenated alkanes) is 1. The minimum absolute atomic E-state index is 0. The van der Waals surface area contributed by atoms with E-state index in [1.165, 1.54) is 0 Å². The maximum atomic E-state index is 5.04. The number of allylic oxidation sites excluding steroid dienone is 1. The fourth-order valence-electron chi connectivity index (χ4n) is 1.78. The molecule has 0 fully saturated rings. The van der Waals surface area contributed by atoms with Gasteiger partial charge in [-0.1, -0.05) is 12.1 Å². The van der Waals surface area contributed by atoms with Crippen LogP contribution in [-0.2, 0) is 6.54 Å². The van der Waals surface area contributed by atoms with E-state index in [0.717, 1.165) is 30.9 Å². The summed E-state index contributed by atoms with van der Waals surface area (Å²) < 4.78 is 5.04. The molecule has 0 spiro atoms. The highest BCUT2D eigenvalue weighted by atomic mass is 127. The van der Waals surface area contributed by atoms with Crippen molar-refractivity contribution in [2.24, 2.45) is 4.99 Å². The molecule has 0 aliphatic rings. The maximum absolute atomic E-state index is 5.04. The highest BCUT2D eigenvalue weighted by molar-refractivity contribution is 14.0. The number of nitrogens with zero attached hydrogens (tertiary/aromatic N) is 3. The van der Waals surface area contributed by atoms with E-state index in [1.807, 2.05) is 25.3 Å². The number of hydrogen-bond acceptors (Lipinski definition) is 3.